The maximum atomic E-state index is 13.3. The minimum atomic E-state index is -1.48. The lowest BCUT2D eigenvalue weighted by Gasteiger charge is -2.22. The molecule has 1 aliphatic heterocycles. The molecule has 1 aromatic rings. The van der Waals surface area contributed by atoms with Gasteiger partial charge in [-0.05, 0) is 38.3 Å². The summed E-state index contributed by atoms with van der Waals surface area (Å²) in [6.07, 6.45) is 2.54. The maximum absolute atomic E-state index is 13.3. The highest BCUT2D eigenvalue weighted by Gasteiger charge is 2.21. The first-order chi connectivity index (χ1) is 9.09. The zero-order valence-electron chi connectivity index (χ0n) is 10.3. The smallest absolute Gasteiger partial charge is 0.203 e. The Hall–Kier alpha value is -1.30. The van der Waals surface area contributed by atoms with Crippen LogP contribution < -0.4 is 10.1 Å². The molecule has 1 aromatic carbocycles. The molecule has 0 saturated carbocycles. The van der Waals surface area contributed by atoms with Gasteiger partial charge in [-0.25, -0.2) is 8.78 Å². The standard InChI is InChI=1S/C13H15F4NO/c14-9-7-10(15)12(17)13(11(9)16)19-6-3-8-1-4-18-5-2-8/h7-8,18H,1-6H2. The fourth-order valence-corrected chi connectivity index (χ4v) is 2.18. The number of halogens is 4. The van der Waals surface area contributed by atoms with Gasteiger partial charge in [-0.1, -0.05) is 0 Å². The topological polar surface area (TPSA) is 21.3 Å². The molecule has 1 heterocycles. The molecular formula is C13H15F4NO. The van der Waals surface area contributed by atoms with Crippen molar-refractivity contribution in [2.45, 2.75) is 19.3 Å². The zero-order valence-corrected chi connectivity index (χ0v) is 10.3. The van der Waals surface area contributed by atoms with Gasteiger partial charge in [0.15, 0.2) is 17.4 Å². The summed E-state index contributed by atoms with van der Waals surface area (Å²) in [7, 11) is 0. The van der Waals surface area contributed by atoms with Crippen molar-refractivity contribution in [3.8, 4) is 5.75 Å². The lowest BCUT2D eigenvalue weighted by molar-refractivity contribution is 0.229. The van der Waals surface area contributed by atoms with Gasteiger partial charge in [-0.3, -0.25) is 0 Å². The van der Waals surface area contributed by atoms with Crippen LogP contribution in [0.5, 0.6) is 5.75 Å². The van der Waals surface area contributed by atoms with Crippen LogP contribution in [0.15, 0.2) is 6.07 Å². The van der Waals surface area contributed by atoms with Crippen LogP contribution in [-0.2, 0) is 0 Å². The van der Waals surface area contributed by atoms with Crippen molar-refractivity contribution in [1.29, 1.82) is 0 Å². The second-order valence-electron chi connectivity index (χ2n) is 4.63. The van der Waals surface area contributed by atoms with Crippen molar-refractivity contribution in [2.24, 2.45) is 5.92 Å². The van der Waals surface area contributed by atoms with Gasteiger partial charge in [-0.2, -0.15) is 8.78 Å². The van der Waals surface area contributed by atoms with Crippen LogP contribution in [0, 0.1) is 29.2 Å². The average molecular weight is 277 g/mol. The zero-order chi connectivity index (χ0) is 13.8. The van der Waals surface area contributed by atoms with Gasteiger partial charge in [0.2, 0.25) is 11.6 Å². The molecule has 0 aliphatic carbocycles. The Kier molecular flexibility index (Phi) is 4.63. The highest BCUT2D eigenvalue weighted by Crippen LogP contribution is 2.27. The molecular weight excluding hydrogens is 262 g/mol. The molecule has 0 aromatic heterocycles. The Morgan fingerprint density at radius 2 is 1.63 bits per heavy atom. The Balaban J connectivity index is 1.95. The second-order valence-corrected chi connectivity index (χ2v) is 4.63. The molecule has 2 rings (SSSR count). The van der Waals surface area contributed by atoms with E-state index in [0.717, 1.165) is 25.9 Å². The largest absolute Gasteiger partial charge is 0.487 e. The van der Waals surface area contributed by atoms with Gasteiger partial charge in [0.1, 0.15) is 0 Å². The van der Waals surface area contributed by atoms with Crippen LogP contribution in [0.2, 0.25) is 0 Å². The maximum Gasteiger partial charge on any atom is 0.203 e. The fourth-order valence-electron chi connectivity index (χ4n) is 2.18. The molecule has 1 aliphatic rings. The molecule has 2 nitrogen and oxygen atoms in total. The molecule has 1 fully saturated rings. The van der Waals surface area contributed by atoms with E-state index in [2.05, 4.69) is 5.32 Å². The van der Waals surface area contributed by atoms with E-state index in [4.69, 9.17) is 4.74 Å². The van der Waals surface area contributed by atoms with Crippen LogP contribution >= 0.6 is 0 Å². The van der Waals surface area contributed by atoms with E-state index < -0.39 is 29.0 Å². The van der Waals surface area contributed by atoms with Gasteiger partial charge >= 0.3 is 0 Å². The summed E-state index contributed by atoms with van der Waals surface area (Å²) in [6.45, 7) is 1.85. The summed E-state index contributed by atoms with van der Waals surface area (Å²) in [6, 6.07) is 0.171. The summed E-state index contributed by atoms with van der Waals surface area (Å²) in [4.78, 5) is 0. The van der Waals surface area contributed by atoms with E-state index >= 15 is 0 Å². The van der Waals surface area contributed by atoms with E-state index in [1.165, 1.54) is 0 Å². The van der Waals surface area contributed by atoms with Gasteiger partial charge < -0.3 is 10.1 Å². The number of hydrogen-bond donors (Lipinski definition) is 1. The van der Waals surface area contributed by atoms with E-state index in [1.807, 2.05) is 0 Å². The predicted molar refractivity (Wildman–Crippen MR) is 62.0 cm³/mol. The van der Waals surface area contributed by atoms with Crippen molar-refractivity contribution in [3.05, 3.63) is 29.3 Å². The molecule has 0 atom stereocenters. The molecule has 0 spiro atoms. The lowest BCUT2D eigenvalue weighted by Crippen LogP contribution is -2.28. The first kappa shape index (κ1) is 14.1. The third-order valence-electron chi connectivity index (χ3n) is 3.30. The summed E-state index contributed by atoms with van der Waals surface area (Å²) in [5.74, 6) is -6.42. The minimum Gasteiger partial charge on any atom is -0.487 e. The summed E-state index contributed by atoms with van der Waals surface area (Å²) >= 11 is 0. The van der Waals surface area contributed by atoms with Crippen molar-refractivity contribution < 1.29 is 22.3 Å². The van der Waals surface area contributed by atoms with Crippen molar-refractivity contribution >= 4 is 0 Å². The molecule has 0 radical (unpaired) electrons. The van der Waals surface area contributed by atoms with Crippen molar-refractivity contribution in [1.82, 2.24) is 5.32 Å². The highest BCUT2D eigenvalue weighted by atomic mass is 19.2. The first-order valence-electron chi connectivity index (χ1n) is 6.26. The van der Waals surface area contributed by atoms with Crippen molar-refractivity contribution in [3.63, 3.8) is 0 Å². The quantitative estimate of drug-likeness (QED) is 0.674. The highest BCUT2D eigenvalue weighted by molar-refractivity contribution is 5.28. The van der Waals surface area contributed by atoms with Crippen LogP contribution in [-0.4, -0.2) is 19.7 Å². The number of nitrogens with one attached hydrogen (secondary N) is 1. The fraction of sp³-hybridized carbons (Fsp3) is 0.538. The monoisotopic (exact) mass is 277 g/mol. The number of benzene rings is 1. The van der Waals surface area contributed by atoms with Gasteiger partial charge in [0.25, 0.3) is 0 Å². The van der Waals surface area contributed by atoms with Crippen LogP contribution in [0.1, 0.15) is 19.3 Å². The van der Waals surface area contributed by atoms with Crippen LogP contribution in [0.4, 0.5) is 17.6 Å². The Labute approximate surface area is 108 Å². The average Bonchev–Trinajstić information content (AvgIpc) is 2.42. The summed E-state index contributed by atoms with van der Waals surface area (Å²) in [5.41, 5.74) is 0. The molecule has 106 valence electrons. The first-order valence-corrected chi connectivity index (χ1v) is 6.26. The minimum absolute atomic E-state index is 0.0431. The molecule has 19 heavy (non-hydrogen) atoms. The molecule has 0 amide bonds. The van der Waals surface area contributed by atoms with Crippen LogP contribution in [0.3, 0.4) is 0 Å². The van der Waals surface area contributed by atoms with Crippen LogP contribution in [0.25, 0.3) is 0 Å². The van der Waals surface area contributed by atoms with E-state index in [-0.39, 0.29) is 12.7 Å². The predicted octanol–water partition coefficient (Wildman–Crippen LogP) is 3.01. The number of piperidine rings is 1. The van der Waals surface area contributed by atoms with Gasteiger partial charge in [-0.15, -0.1) is 0 Å². The third-order valence-corrected chi connectivity index (χ3v) is 3.30. The van der Waals surface area contributed by atoms with Gasteiger partial charge in [0.05, 0.1) is 6.61 Å². The third kappa shape index (κ3) is 3.37. The number of hydrogen-bond acceptors (Lipinski definition) is 2. The normalized spacial score (nSPS) is 16.6. The molecule has 1 N–H and O–H groups in total. The number of rotatable bonds is 4. The number of ether oxygens (including phenoxy) is 1. The van der Waals surface area contributed by atoms with Crippen molar-refractivity contribution in [2.75, 3.05) is 19.7 Å². The molecule has 0 bridgehead atoms. The van der Waals surface area contributed by atoms with E-state index in [9.17, 15) is 17.6 Å². The summed E-state index contributed by atoms with van der Waals surface area (Å²) in [5, 5.41) is 3.20. The van der Waals surface area contributed by atoms with Gasteiger partial charge in [0, 0.05) is 6.07 Å². The second kappa shape index (κ2) is 6.23. The Bertz CT molecular complexity index is 421. The molecule has 1 saturated heterocycles. The van der Waals surface area contributed by atoms with E-state index in [0.29, 0.717) is 12.3 Å². The SMILES string of the molecule is Fc1cc(F)c(F)c(OCCC2CCNCC2)c1F. The van der Waals surface area contributed by atoms with E-state index in [1.54, 1.807) is 0 Å². The molecule has 6 heteroatoms. The summed E-state index contributed by atoms with van der Waals surface area (Å²) < 4.78 is 57.3. The Morgan fingerprint density at radius 1 is 1.05 bits per heavy atom. The lowest BCUT2D eigenvalue weighted by atomic mass is 9.95. The Morgan fingerprint density at radius 3 is 2.21 bits per heavy atom. The molecule has 0 unspecified atom stereocenters.